The average Bonchev–Trinajstić information content (AvgIpc) is 3.01. The fourth-order valence-corrected chi connectivity index (χ4v) is 3.94. The summed E-state index contributed by atoms with van der Waals surface area (Å²) >= 11 is 11.8. The molecule has 3 unspecified atom stereocenters. The molecule has 1 aromatic heterocycles. The maximum absolute atomic E-state index is 6.33. The molecule has 5 heteroatoms. The van der Waals surface area contributed by atoms with Gasteiger partial charge in [0.15, 0.2) is 4.77 Å². The summed E-state index contributed by atoms with van der Waals surface area (Å²) in [6.07, 6.45) is 4.09. The Labute approximate surface area is 115 Å². The van der Waals surface area contributed by atoms with Gasteiger partial charge in [-0.15, -0.1) is 0 Å². The Kier molecular flexibility index (Phi) is 2.34. The summed E-state index contributed by atoms with van der Waals surface area (Å²) in [7, 11) is 0. The lowest BCUT2D eigenvalue weighted by atomic mass is 9.95. The molecule has 0 radical (unpaired) electrons. The molecule has 4 rings (SSSR count). The Hall–Kier alpha value is -0.840. The third-order valence-corrected chi connectivity index (χ3v) is 4.70. The van der Waals surface area contributed by atoms with Gasteiger partial charge in [-0.05, 0) is 43.6 Å². The number of halogens is 1. The number of H-pyrrole nitrogens is 1. The number of ether oxygens (including phenoxy) is 1. The van der Waals surface area contributed by atoms with Crippen LogP contribution in [0.3, 0.4) is 0 Å². The predicted molar refractivity (Wildman–Crippen MR) is 73.7 cm³/mol. The van der Waals surface area contributed by atoms with Gasteiger partial charge in [0, 0.05) is 0 Å². The Morgan fingerprint density at radius 3 is 3.00 bits per heavy atom. The van der Waals surface area contributed by atoms with Crippen LogP contribution < -0.4 is 0 Å². The molecule has 2 aromatic rings. The number of rotatable bonds is 1. The van der Waals surface area contributed by atoms with Gasteiger partial charge in [-0.2, -0.15) is 0 Å². The molecule has 2 fully saturated rings. The molecule has 1 N–H and O–H groups in total. The van der Waals surface area contributed by atoms with Gasteiger partial charge < -0.3 is 14.3 Å². The molecule has 94 valence electrons. The highest BCUT2D eigenvalue weighted by atomic mass is 35.5. The normalized spacial score (nSPS) is 30.4. The molecule has 2 aliphatic rings. The van der Waals surface area contributed by atoms with Crippen molar-refractivity contribution in [3.63, 3.8) is 0 Å². The number of aromatic amines is 1. The van der Waals surface area contributed by atoms with Gasteiger partial charge in [-0.25, -0.2) is 0 Å². The number of hydrogen-bond donors (Lipinski definition) is 1. The molecule has 2 aliphatic heterocycles. The van der Waals surface area contributed by atoms with Crippen molar-refractivity contribution in [2.75, 3.05) is 0 Å². The van der Waals surface area contributed by atoms with Crippen LogP contribution in [0.2, 0.25) is 5.02 Å². The van der Waals surface area contributed by atoms with E-state index in [9.17, 15) is 0 Å². The fraction of sp³-hybridized carbons (Fsp3) is 0.462. The maximum Gasteiger partial charge on any atom is 0.178 e. The lowest BCUT2D eigenvalue weighted by molar-refractivity contribution is 0.0941. The molecule has 0 amide bonds. The van der Waals surface area contributed by atoms with Crippen molar-refractivity contribution >= 4 is 34.9 Å². The fourth-order valence-electron chi connectivity index (χ4n) is 3.34. The summed E-state index contributed by atoms with van der Waals surface area (Å²) < 4.78 is 8.84. The molecular formula is C13H13ClN2OS. The van der Waals surface area contributed by atoms with E-state index in [2.05, 4.69) is 9.55 Å². The van der Waals surface area contributed by atoms with Gasteiger partial charge >= 0.3 is 0 Å². The predicted octanol–water partition coefficient (Wildman–Crippen LogP) is 3.84. The zero-order valence-corrected chi connectivity index (χ0v) is 11.3. The molecule has 0 spiro atoms. The minimum atomic E-state index is 0.303. The van der Waals surface area contributed by atoms with Crippen LogP contribution >= 0.6 is 23.8 Å². The van der Waals surface area contributed by atoms with E-state index in [4.69, 9.17) is 28.6 Å². The van der Waals surface area contributed by atoms with Crippen LogP contribution in [0.15, 0.2) is 18.2 Å². The van der Waals surface area contributed by atoms with Crippen LogP contribution in [0.4, 0.5) is 0 Å². The second-order valence-electron chi connectivity index (χ2n) is 5.11. The van der Waals surface area contributed by atoms with E-state index in [1.807, 2.05) is 18.2 Å². The first kappa shape index (κ1) is 11.0. The number of nitrogens with one attached hydrogen (secondary N) is 1. The van der Waals surface area contributed by atoms with E-state index in [0.717, 1.165) is 33.7 Å². The lowest BCUT2D eigenvalue weighted by Gasteiger charge is -2.21. The van der Waals surface area contributed by atoms with E-state index in [1.165, 1.54) is 6.42 Å². The highest BCUT2D eigenvalue weighted by Crippen LogP contribution is 2.43. The molecule has 3 atom stereocenters. The van der Waals surface area contributed by atoms with E-state index >= 15 is 0 Å². The van der Waals surface area contributed by atoms with Crippen molar-refractivity contribution < 1.29 is 4.74 Å². The van der Waals surface area contributed by atoms with Crippen LogP contribution in [0, 0.1) is 4.77 Å². The van der Waals surface area contributed by atoms with Gasteiger partial charge in [0.1, 0.15) is 0 Å². The third-order valence-electron chi connectivity index (χ3n) is 4.09. The van der Waals surface area contributed by atoms with Crippen molar-refractivity contribution in [2.45, 2.75) is 37.5 Å². The lowest BCUT2D eigenvalue weighted by Crippen LogP contribution is -2.21. The minimum absolute atomic E-state index is 0.303. The minimum Gasteiger partial charge on any atom is -0.373 e. The van der Waals surface area contributed by atoms with Gasteiger partial charge in [0.2, 0.25) is 0 Å². The zero-order chi connectivity index (χ0) is 12.3. The highest BCUT2D eigenvalue weighted by Gasteiger charge is 2.42. The van der Waals surface area contributed by atoms with Crippen molar-refractivity contribution in [2.24, 2.45) is 0 Å². The van der Waals surface area contributed by atoms with Crippen LogP contribution in [-0.2, 0) is 4.74 Å². The van der Waals surface area contributed by atoms with Crippen molar-refractivity contribution in [1.29, 1.82) is 0 Å². The van der Waals surface area contributed by atoms with Gasteiger partial charge in [-0.1, -0.05) is 17.7 Å². The molecule has 1 aromatic carbocycles. The van der Waals surface area contributed by atoms with E-state index < -0.39 is 0 Å². The largest absolute Gasteiger partial charge is 0.373 e. The first-order valence-corrected chi connectivity index (χ1v) is 7.07. The summed E-state index contributed by atoms with van der Waals surface area (Å²) in [5.41, 5.74) is 2.03. The average molecular weight is 281 g/mol. The van der Waals surface area contributed by atoms with Crippen molar-refractivity contribution in [3.05, 3.63) is 28.0 Å². The Balaban J connectivity index is 1.95. The molecular weight excluding hydrogens is 268 g/mol. The quantitative estimate of drug-likeness (QED) is 0.804. The first-order chi connectivity index (χ1) is 8.74. The third kappa shape index (κ3) is 1.43. The Bertz CT molecular complexity index is 677. The molecule has 2 saturated heterocycles. The van der Waals surface area contributed by atoms with Gasteiger partial charge in [0.25, 0.3) is 0 Å². The second kappa shape index (κ2) is 3.83. The van der Waals surface area contributed by atoms with E-state index in [-0.39, 0.29) is 0 Å². The Morgan fingerprint density at radius 2 is 2.28 bits per heavy atom. The van der Waals surface area contributed by atoms with Crippen LogP contribution in [0.1, 0.15) is 25.3 Å². The van der Waals surface area contributed by atoms with Crippen molar-refractivity contribution in [3.8, 4) is 0 Å². The number of imidazole rings is 1. The summed E-state index contributed by atoms with van der Waals surface area (Å²) in [6.45, 7) is 0. The molecule has 2 bridgehead atoms. The summed E-state index contributed by atoms with van der Waals surface area (Å²) in [5.74, 6) is 0. The monoisotopic (exact) mass is 280 g/mol. The topological polar surface area (TPSA) is 29.9 Å². The van der Waals surface area contributed by atoms with E-state index in [0.29, 0.717) is 18.2 Å². The second-order valence-corrected chi connectivity index (χ2v) is 5.91. The van der Waals surface area contributed by atoms with Gasteiger partial charge in [-0.3, -0.25) is 0 Å². The van der Waals surface area contributed by atoms with Crippen molar-refractivity contribution in [1.82, 2.24) is 9.55 Å². The number of para-hydroxylation sites is 1. The summed E-state index contributed by atoms with van der Waals surface area (Å²) in [5, 5.41) is 0.752. The maximum atomic E-state index is 6.33. The number of nitrogens with zero attached hydrogens (tertiary/aromatic N) is 1. The smallest absolute Gasteiger partial charge is 0.178 e. The summed E-state index contributed by atoms with van der Waals surface area (Å²) in [6, 6.07) is 6.21. The number of benzene rings is 1. The molecule has 3 heterocycles. The standard InChI is InChI=1S/C13H13ClN2OS/c14-8-2-1-3-9-12(8)16(13(18)15-9)10-6-7-4-5-11(10)17-7/h1-3,7,10-11H,4-6H2,(H,15,18). The number of fused-ring (bicyclic) bond motifs is 3. The number of aromatic nitrogens is 2. The van der Waals surface area contributed by atoms with Gasteiger partial charge in [0.05, 0.1) is 34.3 Å². The molecule has 18 heavy (non-hydrogen) atoms. The summed E-state index contributed by atoms with van der Waals surface area (Å²) in [4.78, 5) is 3.24. The molecule has 0 saturated carbocycles. The van der Waals surface area contributed by atoms with E-state index in [1.54, 1.807) is 0 Å². The van der Waals surface area contributed by atoms with Crippen LogP contribution in [0.25, 0.3) is 11.0 Å². The zero-order valence-electron chi connectivity index (χ0n) is 9.73. The van der Waals surface area contributed by atoms with Crippen LogP contribution in [-0.4, -0.2) is 21.8 Å². The SMILES string of the molecule is S=c1[nH]c2cccc(Cl)c2n1C1CC2CCC1O2. The first-order valence-electron chi connectivity index (χ1n) is 6.28. The highest BCUT2D eigenvalue weighted by molar-refractivity contribution is 7.71. The number of hydrogen-bond acceptors (Lipinski definition) is 2. The molecule has 0 aliphatic carbocycles. The van der Waals surface area contributed by atoms with Crippen LogP contribution in [0.5, 0.6) is 0 Å². The Morgan fingerprint density at radius 1 is 1.39 bits per heavy atom. The molecule has 3 nitrogen and oxygen atoms in total.